The zero-order chi connectivity index (χ0) is 13.5. The van der Waals surface area contributed by atoms with Crippen LogP contribution >= 0.6 is 11.6 Å². The predicted octanol–water partition coefficient (Wildman–Crippen LogP) is 2.25. The fourth-order valence-corrected chi connectivity index (χ4v) is 2.06. The van der Waals surface area contributed by atoms with Crippen LogP contribution in [0.4, 0.5) is 5.82 Å². The van der Waals surface area contributed by atoms with Gasteiger partial charge in [-0.1, -0.05) is 24.9 Å². The molecule has 0 radical (unpaired) electrons. The zero-order valence-corrected chi connectivity index (χ0v) is 11.6. The summed E-state index contributed by atoms with van der Waals surface area (Å²) in [4.78, 5) is 12.3. The van der Waals surface area contributed by atoms with Crippen molar-refractivity contribution >= 4 is 17.4 Å². The molecular formula is C12H17ClN6. The Morgan fingerprint density at radius 2 is 2.11 bits per heavy atom. The summed E-state index contributed by atoms with van der Waals surface area (Å²) in [6.45, 7) is 2.92. The van der Waals surface area contributed by atoms with Crippen molar-refractivity contribution in [1.82, 2.24) is 25.1 Å². The van der Waals surface area contributed by atoms with E-state index in [4.69, 9.17) is 11.6 Å². The lowest BCUT2D eigenvalue weighted by molar-refractivity contribution is 0.799. The number of hydrogen-bond donors (Lipinski definition) is 2. The van der Waals surface area contributed by atoms with Crippen molar-refractivity contribution in [2.45, 2.75) is 32.6 Å². The Labute approximate surface area is 117 Å². The lowest BCUT2D eigenvalue weighted by Gasteiger charge is -2.10. The van der Waals surface area contributed by atoms with Gasteiger partial charge in [0.05, 0.1) is 0 Å². The van der Waals surface area contributed by atoms with Crippen LogP contribution in [0.1, 0.15) is 31.2 Å². The Kier molecular flexibility index (Phi) is 5.09. The minimum Gasteiger partial charge on any atom is -0.370 e. The van der Waals surface area contributed by atoms with Gasteiger partial charge in [-0.2, -0.15) is 5.10 Å². The molecule has 0 fully saturated rings. The van der Waals surface area contributed by atoms with Crippen LogP contribution in [-0.2, 0) is 12.8 Å². The summed E-state index contributed by atoms with van der Waals surface area (Å²) >= 11 is 6.09. The van der Waals surface area contributed by atoms with Crippen LogP contribution < -0.4 is 5.32 Å². The van der Waals surface area contributed by atoms with Crippen LogP contribution in [0.15, 0.2) is 12.7 Å². The van der Waals surface area contributed by atoms with Crippen LogP contribution in [0.3, 0.4) is 0 Å². The molecule has 0 atom stereocenters. The Balaban J connectivity index is 1.86. The quantitative estimate of drug-likeness (QED) is 0.601. The summed E-state index contributed by atoms with van der Waals surface area (Å²) in [6.07, 6.45) is 6.70. The van der Waals surface area contributed by atoms with Crippen LogP contribution in [0.25, 0.3) is 0 Å². The normalized spacial score (nSPS) is 10.6. The highest BCUT2D eigenvalue weighted by atomic mass is 35.5. The lowest BCUT2D eigenvalue weighted by atomic mass is 10.2. The van der Waals surface area contributed by atoms with Gasteiger partial charge in [-0.3, -0.25) is 5.10 Å². The van der Waals surface area contributed by atoms with E-state index in [-0.39, 0.29) is 0 Å². The van der Waals surface area contributed by atoms with E-state index in [1.807, 2.05) is 0 Å². The van der Waals surface area contributed by atoms with Crippen molar-refractivity contribution in [3.63, 3.8) is 0 Å². The smallest absolute Gasteiger partial charge is 0.137 e. The van der Waals surface area contributed by atoms with Gasteiger partial charge in [0.2, 0.25) is 0 Å². The summed E-state index contributed by atoms with van der Waals surface area (Å²) in [5.74, 6) is 1.73. The molecule has 0 amide bonds. The standard InChI is InChI=1S/C12H17ClN6/c1-2-4-9-11(13)16-7-17-12(9)14-6-3-5-10-15-8-18-19-10/h7-8H,2-6H2,1H3,(H,14,16,17)(H,15,18,19). The van der Waals surface area contributed by atoms with Crippen molar-refractivity contribution in [3.05, 3.63) is 29.2 Å². The highest BCUT2D eigenvalue weighted by molar-refractivity contribution is 6.30. The van der Waals surface area contributed by atoms with E-state index in [9.17, 15) is 0 Å². The maximum absolute atomic E-state index is 6.09. The summed E-state index contributed by atoms with van der Waals surface area (Å²) in [5, 5.41) is 10.5. The van der Waals surface area contributed by atoms with Gasteiger partial charge in [-0.25, -0.2) is 15.0 Å². The Bertz CT molecular complexity index is 499. The number of nitrogens with one attached hydrogen (secondary N) is 2. The second-order valence-corrected chi connectivity index (χ2v) is 4.56. The van der Waals surface area contributed by atoms with Gasteiger partial charge in [0.15, 0.2) is 0 Å². The van der Waals surface area contributed by atoms with Crippen molar-refractivity contribution in [2.24, 2.45) is 0 Å². The Hall–Kier alpha value is -1.69. The number of aromatic amines is 1. The van der Waals surface area contributed by atoms with Crippen LogP contribution in [0, 0.1) is 0 Å². The number of H-pyrrole nitrogens is 1. The summed E-state index contributed by atoms with van der Waals surface area (Å²) < 4.78 is 0. The highest BCUT2D eigenvalue weighted by Crippen LogP contribution is 2.21. The number of rotatable bonds is 7. The van der Waals surface area contributed by atoms with E-state index >= 15 is 0 Å². The maximum atomic E-state index is 6.09. The fourth-order valence-electron chi connectivity index (χ4n) is 1.83. The molecule has 0 spiro atoms. The third-order valence-corrected chi connectivity index (χ3v) is 3.07. The van der Waals surface area contributed by atoms with Gasteiger partial charge in [-0.05, 0) is 12.8 Å². The molecule has 6 nitrogen and oxygen atoms in total. The number of hydrogen-bond acceptors (Lipinski definition) is 5. The molecule has 0 saturated heterocycles. The third kappa shape index (κ3) is 3.89. The molecule has 102 valence electrons. The Morgan fingerprint density at radius 1 is 1.21 bits per heavy atom. The molecule has 2 aromatic rings. The Morgan fingerprint density at radius 3 is 2.84 bits per heavy atom. The van der Waals surface area contributed by atoms with Crippen molar-refractivity contribution in [2.75, 3.05) is 11.9 Å². The van der Waals surface area contributed by atoms with Crippen molar-refractivity contribution in [1.29, 1.82) is 0 Å². The topological polar surface area (TPSA) is 79.4 Å². The fraction of sp³-hybridized carbons (Fsp3) is 0.500. The average Bonchev–Trinajstić information content (AvgIpc) is 2.91. The second kappa shape index (κ2) is 7.04. The van der Waals surface area contributed by atoms with E-state index in [1.54, 1.807) is 0 Å². The molecule has 0 aliphatic carbocycles. The SMILES string of the molecule is CCCc1c(Cl)ncnc1NCCCc1ncn[nH]1. The molecule has 0 unspecified atom stereocenters. The maximum Gasteiger partial charge on any atom is 0.137 e. The summed E-state index contributed by atoms with van der Waals surface area (Å²) in [7, 11) is 0. The first kappa shape index (κ1) is 13.7. The van der Waals surface area contributed by atoms with Crippen molar-refractivity contribution < 1.29 is 0 Å². The molecule has 19 heavy (non-hydrogen) atoms. The van der Waals surface area contributed by atoms with Crippen LogP contribution in [0.2, 0.25) is 5.15 Å². The number of nitrogens with zero attached hydrogens (tertiary/aromatic N) is 4. The number of anilines is 1. The largest absolute Gasteiger partial charge is 0.370 e. The minimum absolute atomic E-state index is 0.537. The molecule has 0 bridgehead atoms. The minimum atomic E-state index is 0.537. The van der Waals surface area contributed by atoms with E-state index in [0.29, 0.717) is 5.15 Å². The van der Waals surface area contributed by atoms with Gasteiger partial charge < -0.3 is 5.32 Å². The van der Waals surface area contributed by atoms with E-state index in [0.717, 1.165) is 49.4 Å². The third-order valence-electron chi connectivity index (χ3n) is 2.74. The molecule has 7 heteroatoms. The molecular weight excluding hydrogens is 264 g/mol. The molecule has 2 aromatic heterocycles. The second-order valence-electron chi connectivity index (χ2n) is 4.20. The van der Waals surface area contributed by atoms with Gasteiger partial charge >= 0.3 is 0 Å². The molecule has 0 saturated carbocycles. The lowest BCUT2D eigenvalue weighted by Crippen LogP contribution is -2.08. The van der Waals surface area contributed by atoms with E-state index < -0.39 is 0 Å². The first-order chi connectivity index (χ1) is 9.31. The first-order valence-electron chi connectivity index (χ1n) is 6.38. The van der Waals surface area contributed by atoms with Crippen LogP contribution in [-0.4, -0.2) is 31.7 Å². The molecule has 0 aliphatic heterocycles. The molecule has 2 N–H and O–H groups in total. The van der Waals surface area contributed by atoms with E-state index in [2.05, 4.69) is 37.4 Å². The number of aromatic nitrogens is 5. The summed E-state index contributed by atoms with van der Waals surface area (Å²) in [5.41, 5.74) is 0.992. The molecule has 0 aromatic carbocycles. The van der Waals surface area contributed by atoms with Crippen LogP contribution in [0.5, 0.6) is 0 Å². The molecule has 2 heterocycles. The predicted molar refractivity (Wildman–Crippen MR) is 74.2 cm³/mol. The monoisotopic (exact) mass is 280 g/mol. The van der Waals surface area contributed by atoms with Gasteiger partial charge in [0.1, 0.15) is 29.5 Å². The average molecular weight is 281 g/mol. The molecule has 2 rings (SSSR count). The summed E-state index contributed by atoms with van der Waals surface area (Å²) in [6, 6.07) is 0. The van der Waals surface area contributed by atoms with Gasteiger partial charge in [0, 0.05) is 18.5 Å². The number of halogens is 1. The highest BCUT2D eigenvalue weighted by Gasteiger charge is 2.08. The van der Waals surface area contributed by atoms with Gasteiger partial charge in [-0.15, -0.1) is 0 Å². The number of aryl methyl sites for hydroxylation is 1. The molecule has 0 aliphatic rings. The first-order valence-corrected chi connectivity index (χ1v) is 6.76. The van der Waals surface area contributed by atoms with Gasteiger partial charge in [0.25, 0.3) is 0 Å². The van der Waals surface area contributed by atoms with Crippen molar-refractivity contribution in [3.8, 4) is 0 Å². The van der Waals surface area contributed by atoms with E-state index in [1.165, 1.54) is 12.7 Å². The zero-order valence-electron chi connectivity index (χ0n) is 10.9.